The molecular weight excluding hydrogens is 214 g/mol. The minimum Gasteiger partial charge on any atom is -0.323 e. The van der Waals surface area contributed by atoms with Crippen LogP contribution in [0.2, 0.25) is 0 Å². The summed E-state index contributed by atoms with van der Waals surface area (Å²) in [5.41, 5.74) is 10.1. The molecule has 1 heterocycles. The van der Waals surface area contributed by atoms with E-state index < -0.39 is 0 Å². The number of hydrogen-bond acceptors (Lipinski definition) is 2. The summed E-state index contributed by atoms with van der Waals surface area (Å²) in [5, 5.41) is 2.12. The average molecular weight is 227 g/mol. The summed E-state index contributed by atoms with van der Waals surface area (Å²) in [4.78, 5) is 1.32. The highest BCUT2D eigenvalue weighted by Gasteiger charge is 2.19. The van der Waals surface area contributed by atoms with Gasteiger partial charge in [0.1, 0.15) is 0 Å². The second-order valence-electron chi connectivity index (χ2n) is 4.09. The van der Waals surface area contributed by atoms with Crippen molar-refractivity contribution < 1.29 is 0 Å². The van der Waals surface area contributed by atoms with Gasteiger partial charge in [-0.2, -0.15) is 0 Å². The van der Waals surface area contributed by atoms with Crippen LogP contribution in [0.5, 0.6) is 0 Å². The van der Waals surface area contributed by atoms with Crippen molar-refractivity contribution in [3.05, 3.63) is 57.8 Å². The lowest BCUT2D eigenvalue weighted by atomic mass is 9.91. The molecule has 0 amide bonds. The van der Waals surface area contributed by atoms with Crippen molar-refractivity contribution in [3.63, 3.8) is 0 Å². The van der Waals surface area contributed by atoms with Gasteiger partial charge in [-0.25, -0.2) is 0 Å². The number of nitrogens with two attached hydrogens (primary N) is 1. The second-order valence-corrected chi connectivity index (χ2v) is 5.03. The molecule has 3 rings (SSSR count). The molecule has 0 saturated heterocycles. The Morgan fingerprint density at radius 2 is 1.94 bits per heavy atom. The molecular formula is C14H13NS. The van der Waals surface area contributed by atoms with E-state index in [0.29, 0.717) is 0 Å². The van der Waals surface area contributed by atoms with Crippen molar-refractivity contribution in [1.29, 1.82) is 0 Å². The van der Waals surface area contributed by atoms with Gasteiger partial charge in [-0.05, 0) is 40.6 Å². The Morgan fingerprint density at radius 1 is 1.12 bits per heavy atom. The van der Waals surface area contributed by atoms with E-state index in [0.717, 1.165) is 6.42 Å². The lowest BCUT2D eigenvalue weighted by Crippen LogP contribution is -2.13. The van der Waals surface area contributed by atoms with Crippen molar-refractivity contribution in [2.24, 2.45) is 5.73 Å². The van der Waals surface area contributed by atoms with Crippen molar-refractivity contribution in [3.8, 4) is 0 Å². The highest BCUT2D eigenvalue weighted by Crippen LogP contribution is 2.37. The molecule has 1 atom stereocenters. The quantitative estimate of drug-likeness (QED) is 0.790. The topological polar surface area (TPSA) is 26.0 Å². The SMILES string of the molecule is NC1CC(c2ccccc2)=Cc2ccsc21. The van der Waals surface area contributed by atoms with E-state index in [9.17, 15) is 0 Å². The maximum atomic E-state index is 6.19. The Hall–Kier alpha value is -1.38. The molecule has 16 heavy (non-hydrogen) atoms. The third kappa shape index (κ3) is 1.60. The van der Waals surface area contributed by atoms with Gasteiger partial charge in [0.2, 0.25) is 0 Å². The largest absolute Gasteiger partial charge is 0.323 e. The van der Waals surface area contributed by atoms with Gasteiger partial charge in [0, 0.05) is 10.9 Å². The van der Waals surface area contributed by atoms with Crippen LogP contribution in [0.4, 0.5) is 0 Å². The van der Waals surface area contributed by atoms with E-state index in [1.807, 2.05) is 6.07 Å². The fourth-order valence-electron chi connectivity index (χ4n) is 2.18. The average Bonchev–Trinajstić information content (AvgIpc) is 2.79. The zero-order valence-electron chi connectivity index (χ0n) is 8.89. The molecule has 1 aromatic heterocycles. The van der Waals surface area contributed by atoms with Crippen LogP contribution in [-0.2, 0) is 0 Å². The number of hydrogen-bond donors (Lipinski definition) is 1. The van der Waals surface area contributed by atoms with Gasteiger partial charge < -0.3 is 5.73 Å². The highest BCUT2D eigenvalue weighted by molar-refractivity contribution is 7.10. The first-order valence-corrected chi connectivity index (χ1v) is 6.31. The molecule has 1 unspecified atom stereocenters. The Bertz CT molecular complexity index is 525. The number of rotatable bonds is 1. The Balaban J connectivity index is 2.07. The zero-order valence-corrected chi connectivity index (χ0v) is 9.71. The van der Waals surface area contributed by atoms with Crippen LogP contribution < -0.4 is 5.73 Å². The van der Waals surface area contributed by atoms with Crippen LogP contribution in [0.25, 0.3) is 11.6 Å². The highest BCUT2D eigenvalue weighted by atomic mass is 32.1. The van der Waals surface area contributed by atoms with Crippen molar-refractivity contribution in [2.45, 2.75) is 12.5 Å². The van der Waals surface area contributed by atoms with E-state index in [1.165, 1.54) is 21.6 Å². The molecule has 1 aliphatic carbocycles. The van der Waals surface area contributed by atoms with Crippen molar-refractivity contribution >= 4 is 23.0 Å². The normalized spacial score (nSPS) is 19.1. The summed E-state index contributed by atoms with van der Waals surface area (Å²) in [7, 11) is 0. The Kier molecular flexibility index (Phi) is 2.39. The Labute approximate surface area is 99.2 Å². The van der Waals surface area contributed by atoms with Gasteiger partial charge in [0.15, 0.2) is 0 Å². The lowest BCUT2D eigenvalue weighted by Gasteiger charge is -2.19. The molecule has 0 spiro atoms. The minimum absolute atomic E-state index is 0.162. The zero-order chi connectivity index (χ0) is 11.0. The summed E-state index contributed by atoms with van der Waals surface area (Å²) in [6.45, 7) is 0. The molecule has 0 aliphatic heterocycles. The van der Waals surface area contributed by atoms with Crippen molar-refractivity contribution in [1.82, 2.24) is 0 Å². The van der Waals surface area contributed by atoms with Crippen LogP contribution >= 0.6 is 11.3 Å². The number of fused-ring (bicyclic) bond motifs is 1. The maximum Gasteiger partial charge on any atom is 0.0436 e. The summed E-state index contributed by atoms with van der Waals surface area (Å²) in [6, 6.07) is 12.8. The van der Waals surface area contributed by atoms with E-state index in [1.54, 1.807) is 11.3 Å². The molecule has 1 aliphatic rings. The molecule has 0 radical (unpaired) electrons. The summed E-state index contributed by atoms with van der Waals surface area (Å²) in [6.07, 6.45) is 3.21. The molecule has 80 valence electrons. The molecule has 0 bridgehead atoms. The summed E-state index contributed by atoms with van der Waals surface area (Å²) < 4.78 is 0. The van der Waals surface area contributed by atoms with Crippen molar-refractivity contribution in [2.75, 3.05) is 0 Å². The van der Waals surface area contributed by atoms with Gasteiger partial charge in [0.25, 0.3) is 0 Å². The van der Waals surface area contributed by atoms with Crippen LogP contribution in [0.15, 0.2) is 41.8 Å². The molecule has 2 heteroatoms. The fourth-order valence-corrected chi connectivity index (χ4v) is 3.06. The molecule has 2 N–H and O–H groups in total. The van der Waals surface area contributed by atoms with E-state index in [2.05, 4.69) is 41.8 Å². The van der Waals surface area contributed by atoms with Crippen LogP contribution in [0, 0.1) is 0 Å². The molecule has 2 aromatic rings. The molecule has 0 fully saturated rings. The van der Waals surface area contributed by atoms with Gasteiger partial charge in [-0.1, -0.05) is 30.3 Å². The van der Waals surface area contributed by atoms with E-state index in [4.69, 9.17) is 5.73 Å². The van der Waals surface area contributed by atoms with Gasteiger partial charge in [0.05, 0.1) is 0 Å². The van der Waals surface area contributed by atoms with E-state index in [-0.39, 0.29) is 6.04 Å². The first-order chi connectivity index (χ1) is 7.84. The van der Waals surface area contributed by atoms with Gasteiger partial charge >= 0.3 is 0 Å². The molecule has 1 nitrogen and oxygen atoms in total. The number of thiophene rings is 1. The Morgan fingerprint density at radius 3 is 2.75 bits per heavy atom. The third-order valence-electron chi connectivity index (χ3n) is 2.98. The molecule has 1 aromatic carbocycles. The smallest absolute Gasteiger partial charge is 0.0436 e. The van der Waals surface area contributed by atoms with Crippen LogP contribution in [0.1, 0.15) is 28.5 Å². The number of benzene rings is 1. The maximum absolute atomic E-state index is 6.19. The summed E-state index contributed by atoms with van der Waals surface area (Å²) >= 11 is 1.76. The third-order valence-corrected chi connectivity index (χ3v) is 4.04. The van der Waals surface area contributed by atoms with Crippen LogP contribution in [0.3, 0.4) is 0 Å². The summed E-state index contributed by atoms with van der Waals surface area (Å²) in [5.74, 6) is 0. The lowest BCUT2D eigenvalue weighted by molar-refractivity contribution is 0.760. The van der Waals surface area contributed by atoms with Gasteiger partial charge in [-0.3, -0.25) is 0 Å². The second kappa shape index (κ2) is 3.89. The molecule has 0 saturated carbocycles. The first kappa shape index (κ1) is 9.82. The minimum atomic E-state index is 0.162. The van der Waals surface area contributed by atoms with Crippen LogP contribution in [-0.4, -0.2) is 0 Å². The van der Waals surface area contributed by atoms with Gasteiger partial charge in [-0.15, -0.1) is 11.3 Å². The predicted octanol–water partition coefficient (Wildman–Crippen LogP) is 3.69. The first-order valence-electron chi connectivity index (χ1n) is 5.43. The monoisotopic (exact) mass is 227 g/mol. The standard InChI is InChI=1S/C14H13NS/c15-13-9-12(10-4-2-1-3-5-10)8-11-6-7-16-14(11)13/h1-8,13H,9,15H2. The predicted molar refractivity (Wildman–Crippen MR) is 70.2 cm³/mol. The fraction of sp³-hybridized carbons (Fsp3) is 0.143. The van der Waals surface area contributed by atoms with E-state index >= 15 is 0 Å².